The van der Waals surface area contributed by atoms with Gasteiger partial charge in [-0.2, -0.15) is 0 Å². The van der Waals surface area contributed by atoms with Crippen molar-refractivity contribution in [1.29, 1.82) is 0 Å². The van der Waals surface area contributed by atoms with Crippen LogP contribution in [0.1, 0.15) is 19.3 Å². The predicted molar refractivity (Wildman–Crippen MR) is 49.9 cm³/mol. The molecular weight excluding hydrogens is 198 g/mol. The number of rotatable bonds is 3. The normalized spacial score (nSPS) is 21.1. The van der Waals surface area contributed by atoms with Gasteiger partial charge in [-0.25, -0.2) is 8.42 Å². The van der Waals surface area contributed by atoms with E-state index >= 15 is 0 Å². The second-order valence-electron chi connectivity index (χ2n) is 3.15. The molecule has 12 heavy (non-hydrogen) atoms. The Balaban J connectivity index is 2.22. The van der Waals surface area contributed by atoms with Crippen LogP contribution in [0, 0.1) is 0 Å². The van der Waals surface area contributed by atoms with Crippen LogP contribution in [0.3, 0.4) is 0 Å². The van der Waals surface area contributed by atoms with Gasteiger partial charge in [0.25, 0.3) is 0 Å². The Kier molecular flexibility index (Phi) is 3.80. The van der Waals surface area contributed by atoms with Crippen LogP contribution in [0.4, 0.5) is 0 Å². The third kappa shape index (κ3) is 4.28. The van der Waals surface area contributed by atoms with Crippen LogP contribution in [0.15, 0.2) is 0 Å². The minimum Gasteiger partial charge on any atom is -0.302 e. The first kappa shape index (κ1) is 10.3. The molecule has 5 heteroatoms. The van der Waals surface area contributed by atoms with Crippen molar-refractivity contribution in [3.8, 4) is 0 Å². The first-order valence-corrected chi connectivity index (χ1v) is 6.70. The molecule has 0 aromatic rings. The van der Waals surface area contributed by atoms with Crippen molar-refractivity contribution < 1.29 is 8.42 Å². The maximum absolute atomic E-state index is 10.6. The summed E-state index contributed by atoms with van der Waals surface area (Å²) in [7, 11) is 1.80. The Morgan fingerprint density at radius 1 is 1.17 bits per heavy atom. The van der Waals surface area contributed by atoms with E-state index in [-0.39, 0.29) is 5.75 Å². The molecule has 1 heterocycles. The molecule has 3 nitrogen and oxygen atoms in total. The second-order valence-corrected chi connectivity index (χ2v) is 6.04. The van der Waals surface area contributed by atoms with E-state index < -0.39 is 9.05 Å². The third-order valence-electron chi connectivity index (χ3n) is 2.10. The molecule has 0 saturated carbocycles. The van der Waals surface area contributed by atoms with Crippen LogP contribution in [-0.4, -0.2) is 38.7 Å². The summed E-state index contributed by atoms with van der Waals surface area (Å²) < 4.78 is 21.2. The topological polar surface area (TPSA) is 37.4 Å². The molecule has 0 aliphatic carbocycles. The van der Waals surface area contributed by atoms with Gasteiger partial charge in [-0.3, -0.25) is 0 Å². The standard InChI is InChI=1S/C7H14ClNO2S/c8-12(10,11)7-6-9-4-2-1-3-5-9/h1-7H2. The van der Waals surface area contributed by atoms with Crippen LogP contribution >= 0.6 is 10.7 Å². The molecule has 72 valence electrons. The van der Waals surface area contributed by atoms with Gasteiger partial charge in [0.1, 0.15) is 0 Å². The monoisotopic (exact) mass is 211 g/mol. The van der Waals surface area contributed by atoms with E-state index in [0.717, 1.165) is 13.1 Å². The van der Waals surface area contributed by atoms with Crippen LogP contribution in [0.2, 0.25) is 0 Å². The molecule has 0 unspecified atom stereocenters. The van der Waals surface area contributed by atoms with Gasteiger partial charge in [-0.1, -0.05) is 6.42 Å². The summed E-state index contributed by atoms with van der Waals surface area (Å²) in [6, 6.07) is 0. The van der Waals surface area contributed by atoms with Gasteiger partial charge in [0, 0.05) is 17.2 Å². The van der Waals surface area contributed by atoms with Crippen molar-refractivity contribution in [2.75, 3.05) is 25.4 Å². The molecule has 1 fully saturated rings. The van der Waals surface area contributed by atoms with Crippen molar-refractivity contribution >= 4 is 19.7 Å². The molecule has 0 aromatic heterocycles. The Bertz CT molecular complexity index is 222. The lowest BCUT2D eigenvalue weighted by Gasteiger charge is -2.25. The summed E-state index contributed by atoms with van der Waals surface area (Å²) in [5, 5.41) is 0. The quantitative estimate of drug-likeness (QED) is 0.655. The number of hydrogen-bond donors (Lipinski definition) is 0. The van der Waals surface area contributed by atoms with Gasteiger partial charge in [-0.05, 0) is 25.9 Å². The summed E-state index contributed by atoms with van der Waals surface area (Å²) in [5.74, 6) is 0.0779. The van der Waals surface area contributed by atoms with E-state index in [0.29, 0.717) is 6.54 Å². The van der Waals surface area contributed by atoms with Crippen LogP contribution in [0.25, 0.3) is 0 Å². The van der Waals surface area contributed by atoms with Gasteiger partial charge < -0.3 is 4.90 Å². The molecule has 0 bridgehead atoms. The molecule has 1 aliphatic rings. The first-order valence-electron chi connectivity index (χ1n) is 4.22. The molecular formula is C7H14ClNO2S. The molecule has 1 aliphatic heterocycles. The minimum absolute atomic E-state index is 0.0779. The van der Waals surface area contributed by atoms with E-state index in [9.17, 15) is 8.42 Å². The molecule has 0 radical (unpaired) electrons. The van der Waals surface area contributed by atoms with E-state index in [4.69, 9.17) is 10.7 Å². The van der Waals surface area contributed by atoms with E-state index in [2.05, 4.69) is 4.90 Å². The zero-order valence-electron chi connectivity index (χ0n) is 7.00. The summed E-state index contributed by atoms with van der Waals surface area (Å²) in [6.45, 7) is 2.63. The van der Waals surface area contributed by atoms with Crippen molar-refractivity contribution in [1.82, 2.24) is 4.90 Å². The minimum atomic E-state index is -3.29. The fraction of sp³-hybridized carbons (Fsp3) is 1.00. The Morgan fingerprint density at radius 3 is 2.25 bits per heavy atom. The summed E-state index contributed by atoms with van der Waals surface area (Å²) in [6.07, 6.45) is 3.63. The van der Waals surface area contributed by atoms with Crippen molar-refractivity contribution in [3.05, 3.63) is 0 Å². The molecule has 0 N–H and O–H groups in total. The molecule has 0 aromatic carbocycles. The van der Waals surface area contributed by atoms with E-state index in [1.165, 1.54) is 19.3 Å². The van der Waals surface area contributed by atoms with Crippen molar-refractivity contribution in [2.24, 2.45) is 0 Å². The maximum Gasteiger partial charge on any atom is 0.233 e. The summed E-state index contributed by atoms with van der Waals surface area (Å²) >= 11 is 0. The SMILES string of the molecule is O=S(=O)(Cl)CCN1CCCCC1. The number of likely N-dealkylation sites (tertiary alicyclic amines) is 1. The fourth-order valence-electron chi connectivity index (χ4n) is 1.42. The third-order valence-corrected chi connectivity index (χ3v) is 3.23. The van der Waals surface area contributed by atoms with Crippen LogP contribution in [0.5, 0.6) is 0 Å². The van der Waals surface area contributed by atoms with Crippen LogP contribution in [-0.2, 0) is 9.05 Å². The van der Waals surface area contributed by atoms with E-state index in [1.807, 2.05) is 0 Å². The maximum atomic E-state index is 10.6. The highest BCUT2D eigenvalue weighted by Crippen LogP contribution is 2.08. The molecule has 0 spiro atoms. The molecule has 1 rings (SSSR count). The summed E-state index contributed by atoms with van der Waals surface area (Å²) in [4.78, 5) is 2.16. The van der Waals surface area contributed by atoms with Crippen molar-refractivity contribution in [3.63, 3.8) is 0 Å². The van der Waals surface area contributed by atoms with Gasteiger partial charge in [0.15, 0.2) is 0 Å². The van der Waals surface area contributed by atoms with Gasteiger partial charge in [-0.15, -0.1) is 0 Å². The second kappa shape index (κ2) is 4.44. The summed E-state index contributed by atoms with van der Waals surface area (Å²) in [5.41, 5.74) is 0. The highest BCUT2D eigenvalue weighted by atomic mass is 35.7. The molecule has 0 atom stereocenters. The average Bonchev–Trinajstić information content (AvgIpc) is 2.02. The highest BCUT2D eigenvalue weighted by molar-refractivity contribution is 8.13. The van der Waals surface area contributed by atoms with Gasteiger partial charge in [0.2, 0.25) is 9.05 Å². The van der Waals surface area contributed by atoms with Gasteiger partial charge in [0.05, 0.1) is 5.75 Å². The smallest absolute Gasteiger partial charge is 0.233 e. The number of nitrogens with zero attached hydrogens (tertiary/aromatic N) is 1. The number of halogens is 1. The largest absolute Gasteiger partial charge is 0.302 e. The molecule has 0 amide bonds. The zero-order chi connectivity index (χ0) is 9.03. The lowest BCUT2D eigenvalue weighted by Crippen LogP contribution is -2.33. The zero-order valence-corrected chi connectivity index (χ0v) is 8.57. The molecule has 1 saturated heterocycles. The van der Waals surface area contributed by atoms with Crippen LogP contribution < -0.4 is 0 Å². The fourth-order valence-corrected chi connectivity index (χ4v) is 2.10. The lowest BCUT2D eigenvalue weighted by molar-refractivity contribution is 0.241. The first-order chi connectivity index (χ1) is 5.58. The highest BCUT2D eigenvalue weighted by Gasteiger charge is 2.12. The average molecular weight is 212 g/mol. The lowest BCUT2D eigenvalue weighted by atomic mass is 10.1. The number of piperidine rings is 1. The Hall–Kier alpha value is 0.200. The van der Waals surface area contributed by atoms with Gasteiger partial charge >= 0.3 is 0 Å². The van der Waals surface area contributed by atoms with E-state index in [1.54, 1.807) is 0 Å². The van der Waals surface area contributed by atoms with Crippen molar-refractivity contribution in [2.45, 2.75) is 19.3 Å². The Morgan fingerprint density at radius 2 is 1.75 bits per heavy atom. The number of hydrogen-bond acceptors (Lipinski definition) is 3. The predicted octanol–water partition coefficient (Wildman–Crippen LogP) is 1.04. The Labute approximate surface area is 78.1 Å².